The molecule has 0 saturated carbocycles. The Balaban J connectivity index is 2.14. The standard InChI is InChI=1S/C8H9N5OS/c1-4-6(3-9-11-4)7(14)10-8-13-12-5(2)15-8/h3H,1-2H3,(H,9,11)(H,10,13,14). The Morgan fingerprint density at radius 3 is 2.80 bits per heavy atom. The molecule has 0 aromatic carbocycles. The van der Waals surface area contributed by atoms with Crippen molar-refractivity contribution in [3.63, 3.8) is 0 Å². The van der Waals surface area contributed by atoms with Crippen molar-refractivity contribution < 1.29 is 4.79 Å². The van der Waals surface area contributed by atoms with E-state index >= 15 is 0 Å². The van der Waals surface area contributed by atoms with Gasteiger partial charge in [-0.2, -0.15) is 5.10 Å². The highest BCUT2D eigenvalue weighted by Gasteiger charge is 2.12. The fourth-order valence-electron chi connectivity index (χ4n) is 1.09. The third kappa shape index (κ3) is 2.01. The van der Waals surface area contributed by atoms with E-state index in [-0.39, 0.29) is 5.91 Å². The summed E-state index contributed by atoms with van der Waals surface area (Å²) in [6.45, 7) is 3.61. The van der Waals surface area contributed by atoms with Crippen molar-refractivity contribution in [1.82, 2.24) is 20.4 Å². The molecule has 0 aliphatic rings. The van der Waals surface area contributed by atoms with Gasteiger partial charge in [0.25, 0.3) is 5.91 Å². The van der Waals surface area contributed by atoms with Crippen LogP contribution >= 0.6 is 11.3 Å². The molecule has 2 rings (SSSR count). The Bertz CT molecular complexity index is 489. The van der Waals surface area contributed by atoms with Gasteiger partial charge in [-0.25, -0.2) is 0 Å². The number of hydrogen-bond donors (Lipinski definition) is 2. The number of anilines is 1. The van der Waals surface area contributed by atoms with E-state index < -0.39 is 0 Å². The van der Waals surface area contributed by atoms with Crippen molar-refractivity contribution in [1.29, 1.82) is 0 Å². The van der Waals surface area contributed by atoms with Crippen LogP contribution in [0.25, 0.3) is 0 Å². The van der Waals surface area contributed by atoms with Gasteiger partial charge in [-0.3, -0.25) is 15.2 Å². The van der Waals surface area contributed by atoms with E-state index in [1.54, 1.807) is 6.92 Å². The van der Waals surface area contributed by atoms with E-state index in [2.05, 4.69) is 25.7 Å². The van der Waals surface area contributed by atoms with Crippen molar-refractivity contribution >= 4 is 22.4 Å². The average Bonchev–Trinajstić information content (AvgIpc) is 2.75. The minimum Gasteiger partial charge on any atom is -0.296 e. The summed E-state index contributed by atoms with van der Waals surface area (Å²) in [7, 11) is 0. The largest absolute Gasteiger partial charge is 0.296 e. The van der Waals surface area contributed by atoms with Crippen LogP contribution in [0.4, 0.5) is 5.13 Å². The van der Waals surface area contributed by atoms with Crippen LogP contribution in [0.15, 0.2) is 6.20 Å². The monoisotopic (exact) mass is 223 g/mol. The van der Waals surface area contributed by atoms with E-state index in [9.17, 15) is 4.79 Å². The van der Waals surface area contributed by atoms with Gasteiger partial charge < -0.3 is 0 Å². The minimum atomic E-state index is -0.225. The Morgan fingerprint density at radius 1 is 1.47 bits per heavy atom. The van der Waals surface area contributed by atoms with Gasteiger partial charge >= 0.3 is 0 Å². The number of H-pyrrole nitrogens is 1. The molecule has 15 heavy (non-hydrogen) atoms. The van der Waals surface area contributed by atoms with Gasteiger partial charge in [-0.05, 0) is 13.8 Å². The predicted molar refractivity (Wildman–Crippen MR) is 55.9 cm³/mol. The number of amides is 1. The zero-order chi connectivity index (χ0) is 10.8. The minimum absolute atomic E-state index is 0.225. The summed E-state index contributed by atoms with van der Waals surface area (Å²) in [5.74, 6) is -0.225. The molecule has 0 unspecified atom stereocenters. The van der Waals surface area contributed by atoms with Gasteiger partial charge in [0, 0.05) is 5.69 Å². The molecule has 0 radical (unpaired) electrons. The number of hydrogen-bond acceptors (Lipinski definition) is 5. The highest BCUT2D eigenvalue weighted by molar-refractivity contribution is 7.15. The fourth-order valence-corrected chi connectivity index (χ4v) is 1.68. The second-order valence-electron chi connectivity index (χ2n) is 2.99. The quantitative estimate of drug-likeness (QED) is 0.799. The molecule has 2 N–H and O–H groups in total. The smallest absolute Gasteiger partial charge is 0.260 e. The Hall–Kier alpha value is -1.76. The first-order valence-electron chi connectivity index (χ1n) is 4.28. The summed E-state index contributed by atoms with van der Waals surface area (Å²) in [6.07, 6.45) is 1.48. The number of rotatable bonds is 2. The second-order valence-corrected chi connectivity index (χ2v) is 4.17. The summed E-state index contributed by atoms with van der Waals surface area (Å²) >= 11 is 1.33. The Kier molecular flexibility index (Phi) is 2.46. The number of nitrogens with one attached hydrogen (secondary N) is 2. The van der Waals surface area contributed by atoms with Crippen LogP contribution in [-0.4, -0.2) is 26.3 Å². The number of aromatic amines is 1. The molecule has 2 aromatic rings. The maximum absolute atomic E-state index is 11.7. The molecule has 78 valence electrons. The number of nitrogens with zero attached hydrogens (tertiary/aromatic N) is 3. The van der Waals surface area contributed by atoms with Crippen LogP contribution in [0, 0.1) is 13.8 Å². The molecule has 0 aliphatic heterocycles. The number of carbonyl (C=O) groups is 1. The summed E-state index contributed by atoms with van der Waals surface area (Å²) in [6, 6.07) is 0. The lowest BCUT2D eigenvalue weighted by atomic mass is 10.2. The normalized spacial score (nSPS) is 10.3. The van der Waals surface area contributed by atoms with Crippen LogP contribution in [0.5, 0.6) is 0 Å². The highest BCUT2D eigenvalue weighted by Crippen LogP contribution is 2.15. The number of carbonyl (C=O) groups excluding carboxylic acids is 1. The number of aromatic nitrogens is 4. The fraction of sp³-hybridized carbons (Fsp3) is 0.250. The first kappa shape index (κ1) is 9.78. The Labute approximate surface area is 89.7 Å². The molecule has 2 aromatic heterocycles. The van der Waals surface area contributed by atoms with E-state index in [4.69, 9.17) is 0 Å². The van der Waals surface area contributed by atoms with Crippen LogP contribution in [0.2, 0.25) is 0 Å². The average molecular weight is 223 g/mol. The van der Waals surface area contributed by atoms with Crippen molar-refractivity contribution in [2.24, 2.45) is 0 Å². The first-order valence-corrected chi connectivity index (χ1v) is 5.10. The van der Waals surface area contributed by atoms with E-state index in [1.807, 2.05) is 6.92 Å². The lowest BCUT2D eigenvalue weighted by Crippen LogP contribution is -2.12. The van der Waals surface area contributed by atoms with Gasteiger partial charge in [-0.15, -0.1) is 10.2 Å². The van der Waals surface area contributed by atoms with Crippen LogP contribution in [-0.2, 0) is 0 Å². The molecule has 2 heterocycles. The van der Waals surface area contributed by atoms with E-state index in [1.165, 1.54) is 17.5 Å². The molecular weight excluding hydrogens is 214 g/mol. The molecule has 1 amide bonds. The van der Waals surface area contributed by atoms with Crippen LogP contribution < -0.4 is 5.32 Å². The topological polar surface area (TPSA) is 83.6 Å². The van der Waals surface area contributed by atoms with Crippen molar-refractivity contribution in [3.05, 3.63) is 22.5 Å². The molecule has 6 nitrogen and oxygen atoms in total. The third-order valence-electron chi connectivity index (χ3n) is 1.82. The van der Waals surface area contributed by atoms with Gasteiger partial charge in [0.15, 0.2) is 0 Å². The van der Waals surface area contributed by atoms with Gasteiger partial charge in [0.2, 0.25) is 5.13 Å². The molecule has 7 heteroatoms. The lowest BCUT2D eigenvalue weighted by Gasteiger charge is -1.97. The number of aryl methyl sites for hydroxylation is 2. The summed E-state index contributed by atoms with van der Waals surface area (Å²) in [4.78, 5) is 11.7. The molecule has 0 saturated heterocycles. The van der Waals surface area contributed by atoms with E-state index in [0.717, 1.165) is 10.7 Å². The van der Waals surface area contributed by atoms with Gasteiger partial charge in [0.05, 0.1) is 11.8 Å². The molecule has 0 spiro atoms. The summed E-state index contributed by atoms with van der Waals surface area (Å²) < 4.78 is 0. The first-order chi connectivity index (χ1) is 7.16. The molecule has 0 aliphatic carbocycles. The summed E-state index contributed by atoms with van der Waals surface area (Å²) in [5.41, 5.74) is 1.25. The lowest BCUT2D eigenvalue weighted by molar-refractivity contribution is 0.102. The molecule has 0 atom stereocenters. The zero-order valence-electron chi connectivity index (χ0n) is 8.24. The summed E-state index contributed by atoms with van der Waals surface area (Å²) in [5, 5.41) is 18.0. The van der Waals surface area contributed by atoms with Crippen molar-refractivity contribution in [2.75, 3.05) is 5.32 Å². The predicted octanol–water partition coefficient (Wildman–Crippen LogP) is 1.13. The highest BCUT2D eigenvalue weighted by atomic mass is 32.1. The second kappa shape index (κ2) is 3.77. The maximum atomic E-state index is 11.7. The van der Waals surface area contributed by atoms with Crippen molar-refractivity contribution in [2.45, 2.75) is 13.8 Å². The molecule has 0 bridgehead atoms. The third-order valence-corrected chi connectivity index (χ3v) is 2.58. The van der Waals surface area contributed by atoms with E-state index in [0.29, 0.717) is 10.7 Å². The molecule has 0 fully saturated rings. The maximum Gasteiger partial charge on any atom is 0.260 e. The van der Waals surface area contributed by atoms with Gasteiger partial charge in [0.1, 0.15) is 5.01 Å². The molecular formula is C8H9N5OS. The van der Waals surface area contributed by atoms with Gasteiger partial charge in [-0.1, -0.05) is 11.3 Å². The SMILES string of the molecule is Cc1nnc(NC(=O)c2cn[nH]c2C)s1. The van der Waals surface area contributed by atoms with Crippen molar-refractivity contribution in [3.8, 4) is 0 Å². The zero-order valence-corrected chi connectivity index (χ0v) is 9.05. The van der Waals surface area contributed by atoms with Crippen LogP contribution in [0.3, 0.4) is 0 Å². The Morgan fingerprint density at radius 2 is 2.27 bits per heavy atom. The van der Waals surface area contributed by atoms with Crippen LogP contribution in [0.1, 0.15) is 21.1 Å².